The zero-order chi connectivity index (χ0) is 2.00. The SMILES string of the molecule is [O-2].[O-2].[O]=[W].[Ti+4].[V]. The van der Waals surface area contributed by atoms with Crippen LogP contribution in [0.5, 0.6) is 0 Å². The van der Waals surface area contributed by atoms with Gasteiger partial charge in [0.1, 0.15) is 0 Å². The van der Waals surface area contributed by atoms with Gasteiger partial charge in [-0.3, -0.25) is 0 Å². The van der Waals surface area contributed by atoms with Crippen molar-refractivity contribution in [1.82, 2.24) is 0 Å². The first-order chi connectivity index (χ1) is 1.00. The fraction of sp³-hybridized carbons (Fsp3) is 0. The van der Waals surface area contributed by atoms with Gasteiger partial charge >= 0.3 is 44.9 Å². The van der Waals surface area contributed by atoms with Gasteiger partial charge in [-0.25, -0.2) is 0 Å². The molecule has 33 valence electrons. The van der Waals surface area contributed by atoms with Crippen molar-refractivity contribution < 1.29 is 74.4 Å². The average Bonchev–Trinajstić information content (AvgIpc) is 1.00. The molecule has 0 aliphatic rings. The predicted molar refractivity (Wildman–Crippen MR) is 2.06 cm³/mol. The minimum atomic E-state index is 0. The molecule has 3 nitrogen and oxygen atoms in total. The van der Waals surface area contributed by atoms with Crippen LogP contribution in [0.4, 0.5) is 0 Å². The molecule has 1 radical (unpaired) electrons. The van der Waals surface area contributed by atoms with Crippen molar-refractivity contribution in [2.75, 3.05) is 0 Å². The molecule has 0 aromatic rings. The Labute approximate surface area is 73.8 Å². The van der Waals surface area contributed by atoms with Gasteiger partial charge in [-0.05, 0) is 0 Å². The summed E-state index contributed by atoms with van der Waals surface area (Å²) in [6.07, 6.45) is 0. The molecule has 0 fully saturated rings. The zero-order valence-corrected chi connectivity index (χ0v) is 8.47. The molecule has 0 bridgehead atoms. The standard InChI is InChI=1S/3O.Ti.V.W/q;2*-2;+4;;. The van der Waals surface area contributed by atoms with Gasteiger partial charge in [0.15, 0.2) is 0 Å². The molecule has 0 aliphatic heterocycles. The molecule has 0 aromatic carbocycles. The summed E-state index contributed by atoms with van der Waals surface area (Å²) >= 11 is 0.333. The monoisotopic (exact) mass is 331 g/mol. The van der Waals surface area contributed by atoms with E-state index < -0.39 is 0 Å². The van der Waals surface area contributed by atoms with Crippen molar-refractivity contribution in [1.29, 1.82) is 0 Å². The molecular weight excluding hydrogens is 331 g/mol. The second-order valence-electron chi connectivity index (χ2n) is 0. The molecule has 0 heterocycles. The van der Waals surface area contributed by atoms with E-state index in [1.165, 1.54) is 0 Å². The molecule has 0 saturated carbocycles. The van der Waals surface area contributed by atoms with Crippen LogP contribution in [0.1, 0.15) is 0 Å². The second-order valence-corrected chi connectivity index (χ2v) is 0. The van der Waals surface area contributed by atoms with Crippen molar-refractivity contribution in [3.63, 3.8) is 0 Å². The van der Waals surface area contributed by atoms with Crippen molar-refractivity contribution in [3.8, 4) is 0 Å². The fourth-order valence-corrected chi connectivity index (χ4v) is 0. The first-order valence-electron chi connectivity index (χ1n) is 0.167. The normalized spacial score (nSPS) is 0.667. The van der Waals surface area contributed by atoms with Crippen molar-refractivity contribution in [2.24, 2.45) is 0 Å². The predicted octanol–water partition coefficient (Wildman–Crippen LogP) is -0.364. The van der Waals surface area contributed by atoms with E-state index in [0.717, 1.165) is 0 Å². The number of hydrogen-bond acceptors (Lipinski definition) is 1. The van der Waals surface area contributed by atoms with Crippen LogP contribution in [0.15, 0.2) is 0 Å². The molecule has 0 saturated heterocycles. The van der Waals surface area contributed by atoms with Crippen LogP contribution in [0.2, 0.25) is 0 Å². The molecule has 6 heavy (non-hydrogen) atoms. The summed E-state index contributed by atoms with van der Waals surface area (Å²) in [5.74, 6) is 0. The van der Waals surface area contributed by atoms with Crippen molar-refractivity contribution in [2.45, 2.75) is 0 Å². The second kappa shape index (κ2) is 75.0. The van der Waals surface area contributed by atoms with Crippen LogP contribution in [-0.2, 0) is 74.4 Å². The quantitative estimate of drug-likeness (QED) is 0.559. The Morgan fingerprint density at radius 2 is 1.00 bits per heavy atom. The summed E-state index contributed by atoms with van der Waals surface area (Å²) in [6, 6.07) is 0. The summed E-state index contributed by atoms with van der Waals surface area (Å²) in [7, 11) is 0. The van der Waals surface area contributed by atoms with Crippen LogP contribution in [0.25, 0.3) is 0 Å². The molecule has 0 amide bonds. The number of rotatable bonds is 0. The van der Waals surface area contributed by atoms with E-state index in [-0.39, 0.29) is 51.2 Å². The largest absolute Gasteiger partial charge is 4.00 e. The Hall–Kier alpha value is 1.71. The maximum atomic E-state index is 8.33. The van der Waals surface area contributed by atoms with Gasteiger partial charge in [0, 0.05) is 18.6 Å². The third-order valence-electron chi connectivity index (χ3n) is 0. The van der Waals surface area contributed by atoms with Gasteiger partial charge in [0.25, 0.3) is 0 Å². The third-order valence-corrected chi connectivity index (χ3v) is 0. The smallest absolute Gasteiger partial charge is 0 e. The molecule has 0 unspecified atom stereocenters. The Balaban J connectivity index is -0.000000000833. The van der Waals surface area contributed by atoms with Crippen LogP contribution < -0.4 is 0 Å². The first kappa shape index (κ1) is 47.3. The minimum absolute atomic E-state index is 0. The maximum absolute atomic E-state index is 8.33. The zero-order valence-electron chi connectivity index (χ0n) is 2.58. The van der Waals surface area contributed by atoms with Crippen LogP contribution >= 0.6 is 0 Å². The van der Waals surface area contributed by atoms with Gasteiger partial charge in [0.2, 0.25) is 0 Å². The van der Waals surface area contributed by atoms with E-state index in [0.29, 0.717) is 19.8 Å². The Kier molecular flexibility index (Phi) is 591. The van der Waals surface area contributed by atoms with Gasteiger partial charge < -0.3 is 11.0 Å². The molecule has 0 aliphatic carbocycles. The first-order valence-corrected chi connectivity index (χ1v) is 1.36. The van der Waals surface area contributed by atoms with Gasteiger partial charge in [-0.15, -0.1) is 0 Å². The summed E-state index contributed by atoms with van der Waals surface area (Å²) in [4.78, 5) is 0. The Morgan fingerprint density at radius 3 is 1.00 bits per heavy atom. The molecule has 0 aromatic heterocycles. The molecule has 0 N–H and O–H groups in total. The summed E-state index contributed by atoms with van der Waals surface area (Å²) < 4.78 is 8.33. The van der Waals surface area contributed by atoms with Crippen LogP contribution in [-0.4, -0.2) is 0 Å². The van der Waals surface area contributed by atoms with Gasteiger partial charge in [0.05, 0.1) is 0 Å². The Morgan fingerprint density at radius 1 is 1.00 bits per heavy atom. The topological polar surface area (TPSA) is 74.1 Å². The van der Waals surface area contributed by atoms with E-state index >= 15 is 0 Å². The molecule has 6 heteroatoms. The van der Waals surface area contributed by atoms with E-state index in [1.54, 1.807) is 0 Å². The van der Waals surface area contributed by atoms with Gasteiger partial charge in [-0.1, -0.05) is 0 Å². The average molecular weight is 331 g/mol. The molecule has 0 rings (SSSR count). The van der Waals surface area contributed by atoms with Crippen molar-refractivity contribution >= 4 is 0 Å². The molecular formula is O3TiVW. The van der Waals surface area contributed by atoms with Crippen LogP contribution in [0.3, 0.4) is 0 Å². The third kappa shape index (κ3) is 43.4. The number of hydrogen-bond donors (Lipinski definition) is 0. The van der Waals surface area contributed by atoms with E-state index in [4.69, 9.17) is 3.40 Å². The van der Waals surface area contributed by atoms with Crippen LogP contribution in [0, 0.1) is 0 Å². The van der Waals surface area contributed by atoms with Gasteiger partial charge in [-0.2, -0.15) is 0 Å². The Bertz CT molecular complexity index is 10.8. The molecule has 0 atom stereocenters. The summed E-state index contributed by atoms with van der Waals surface area (Å²) in [5.41, 5.74) is 0. The minimum Gasteiger partial charge on any atom is 0 e. The maximum Gasteiger partial charge on any atom is 4.00 e. The van der Waals surface area contributed by atoms with E-state index in [2.05, 4.69) is 0 Å². The van der Waals surface area contributed by atoms with E-state index in [9.17, 15) is 0 Å². The molecule has 0 spiro atoms. The van der Waals surface area contributed by atoms with E-state index in [1.807, 2.05) is 0 Å². The summed E-state index contributed by atoms with van der Waals surface area (Å²) in [6.45, 7) is 0. The van der Waals surface area contributed by atoms with Crippen molar-refractivity contribution in [3.05, 3.63) is 0 Å². The fourth-order valence-electron chi connectivity index (χ4n) is 0. The summed E-state index contributed by atoms with van der Waals surface area (Å²) in [5, 5.41) is 0.